The van der Waals surface area contributed by atoms with Gasteiger partial charge in [-0.2, -0.15) is 0 Å². The summed E-state index contributed by atoms with van der Waals surface area (Å²) < 4.78 is 1.03. The highest BCUT2D eigenvalue weighted by Gasteiger charge is 2.26. The Morgan fingerprint density at radius 2 is 2.18 bits per heavy atom. The molecule has 1 aliphatic rings. The number of amides is 1. The third kappa shape index (κ3) is 3.82. The lowest BCUT2D eigenvalue weighted by Crippen LogP contribution is -2.22. The lowest BCUT2D eigenvalue weighted by atomic mass is 10.2. The van der Waals surface area contributed by atoms with E-state index < -0.39 is 0 Å². The molecule has 1 saturated carbocycles. The van der Waals surface area contributed by atoms with Gasteiger partial charge in [-0.25, -0.2) is 9.97 Å². The van der Waals surface area contributed by atoms with E-state index in [1.807, 2.05) is 25.1 Å². The van der Waals surface area contributed by atoms with Gasteiger partial charge in [0.2, 0.25) is 5.91 Å². The summed E-state index contributed by atoms with van der Waals surface area (Å²) in [6, 6.07) is 7.50. The molecule has 5 nitrogen and oxygen atoms in total. The Balaban J connectivity index is 1.55. The number of anilines is 2. The van der Waals surface area contributed by atoms with Crippen LogP contribution in [-0.4, -0.2) is 22.4 Å². The van der Waals surface area contributed by atoms with E-state index in [-0.39, 0.29) is 12.5 Å². The number of nitrogens with zero attached hydrogens (tertiary/aromatic N) is 2. The normalized spacial score (nSPS) is 13.7. The van der Waals surface area contributed by atoms with Crippen LogP contribution in [0.25, 0.3) is 0 Å². The van der Waals surface area contributed by atoms with Crippen LogP contribution in [0.4, 0.5) is 11.5 Å². The zero-order valence-corrected chi connectivity index (χ0v) is 13.9. The number of halogens is 1. The van der Waals surface area contributed by atoms with Crippen LogP contribution in [0.5, 0.6) is 0 Å². The van der Waals surface area contributed by atoms with E-state index in [1.165, 1.54) is 0 Å². The molecule has 1 aromatic carbocycles. The average Bonchev–Trinajstić information content (AvgIpc) is 3.34. The molecule has 0 radical (unpaired) electrons. The van der Waals surface area contributed by atoms with Crippen molar-refractivity contribution in [2.75, 3.05) is 17.2 Å². The molecule has 1 fully saturated rings. The number of rotatable bonds is 5. The van der Waals surface area contributed by atoms with Gasteiger partial charge in [0.15, 0.2) is 0 Å². The maximum Gasteiger partial charge on any atom is 0.243 e. The summed E-state index contributed by atoms with van der Waals surface area (Å²) in [5, 5.41) is 5.91. The first-order chi connectivity index (χ1) is 10.6. The minimum absolute atomic E-state index is 0.103. The number of nitrogens with one attached hydrogen (secondary N) is 2. The van der Waals surface area contributed by atoms with Crippen LogP contribution >= 0.6 is 15.9 Å². The van der Waals surface area contributed by atoms with E-state index in [0.717, 1.165) is 34.4 Å². The van der Waals surface area contributed by atoms with Crippen molar-refractivity contribution in [3.63, 3.8) is 0 Å². The molecule has 0 atom stereocenters. The van der Waals surface area contributed by atoms with Crippen molar-refractivity contribution in [2.24, 2.45) is 0 Å². The molecule has 3 rings (SSSR count). The van der Waals surface area contributed by atoms with E-state index in [1.54, 1.807) is 12.3 Å². The number of aryl methyl sites for hydroxylation is 1. The Bertz CT molecular complexity index is 700. The summed E-state index contributed by atoms with van der Waals surface area (Å²) in [6.07, 6.45) is 4.05. The van der Waals surface area contributed by atoms with Gasteiger partial charge in [-0.3, -0.25) is 4.79 Å². The van der Waals surface area contributed by atoms with Crippen LogP contribution < -0.4 is 10.6 Å². The molecule has 2 N–H and O–H groups in total. The zero-order chi connectivity index (χ0) is 15.5. The van der Waals surface area contributed by atoms with Crippen molar-refractivity contribution in [2.45, 2.75) is 25.7 Å². The molecule has 0 spiro atoms. The number of hydrogen-bond donors (Lipinski definition) is 2. The van der Waals surface area contributed by atoms with Crippen LogP contribution in [0.15, 0.2) is 34.9 Å². The fourth-order valence-electron chi connectivity index (χ4n) is 2.11. The predicted octanol–water partition coefficient (Wildman–Crippen LogP) is 3.48. The molecule has 22 heavy (non-hydrogen) atoms. The third-order valence-corrected chi connectivity index (χ3v) is 4.38. The SMILES string of the molecule is Cc1cc(NC(=O)CNc2ccnc(C3CC3)n2)ccc1Br. The fourth-order valence-corrected chi connectivity index (χ4v) is 2.36. The highest BCUT2D eigenvalue weighted by molar-refractivity contribution is 9.10. The summed E-state index contributed by atoms with van der Waals surface area (Å²) in [5.41, 5.74) is 1.87. The minimum Gasteiger partial charge on any atom is -0.361 e. The molecule has 2 aromatic rings. The van der Waals surface area contributed by atoms with Crippen LogP contribution in [0.1, 0.15) is 30.1 Å². The first-order valence-corrected chi connectivity index (χ1v) is 8.04. The molecule has 0 bridgehead atoms. The minimum atomic E-state index is -0.103. The summed E-state index contributed by atoms with van der Waals surface area (Å²) in [5.74, 6) is 1.96. The third-order valence-electron chi connectivity index (χ3n) is 3.49. The maximum absolute atomic E-state index is 12.0. The lowest BCUT2D eigenvalue weighted by molar-refractivity contribution is -0.114. The van der Waals surface area contributed by atoms with Crippen LogP contribution in [-0.2, 0) is 4.79 Å². The zero-order valence-electron chi connectivity index (χ0n) is 12.3. The number of carbonyl (C=O) groups excluding carboxylic acids is 1. The molecule has 0 saturated heterocycles. The van der Waals surface area contributed by atoms with E-state index in [4.69, 9.17) is 0 Å². The first-order valence-electron chi connectivity index (χ1n) is 7.24. The molecular weight excluding hydrogens is 344 g/mol. The van der Waals surface area contributed by atoms with Crippen molar-refractivity contribution >= 4 is 33.3 Å². The quantitative estimate of drug-likeness (QED) is 0.856. The van der Waals surface area contributed by atoms with Crippen molar-refractivity contribution in [3.8, 4) is 0 Å². The van der Waals surface area contributed by atoms with Crippen molar-refractivity contribution in [1.82, 2.24) is 9.97 Å². The Morgan fingerprint density at radius 1 is 1.36 bits per heavy atom. The first kappa shape index (κ1) is 15.0. The number of aromatic nitrogens is 2. The average molecular weight is 361 g/mol. The molecule has 114 valence electrons. The van der Waals surface area contributed by atoms with Gasteiger partial charge >= 0.3 is 0 Å². The van der Waals surface area contributed by atoms with E-state index in [2.05, 4.69) is 36.5 Å². The molecule has 1 heterocycles. The summed E-state index contributed by atoms with van der Waals surface area (Å²) in [4.78, 5) is 20.7. The second kappa shape index (κ2) is 6.44. The van der Waals surface area contributed by atoms with Gasteiger partial charge in [-0.1, -0.05) is 15.9 Å². The topological polar surface area (TPSA) is 66.9 Å². The predicted molar refractivity (Wildman–Crippen MR) is 90.0 cm³/mol. The molecule has 1 amide bonds. The molecule has 6 heteroatoms. The van der Waals surface area contributed by atoms with Gasteiger partial charge in [0.05, 0.1) is 6.54 Å². The maximum atomic E-state index is 12.0. The van der Waals surface area contributed by atoms with Gasteiger partial charge in [0.25, 0.3) is 0 Å². The number of hydrogen-bond acceptors (Lipinski definition) is 4. The van der Waals surface area contributed by atoms with Crippen molar-refractivity contribution < 1.29 is 4.79 Å². The lowest BCUT2D eigenvalue weighted by Gasteiger charge is -2.09. The highest BCUT2D eigenvalue weighted by Crippen LogP contribution is 2.37. The van der Waals surface area contributed by atoms with Gasteiger partial charge in [0, 0.05) is 22.3 Å². The Labute approximate surface area is 137 Å². The van der Waals surface area contributed by atoms with Crippen molar-refractivity contribution in [1.29, 1.82) is 0 Å². The van der Waals surface area contributed by atoms with Gasteiger partial charge in [-0.05, 0) is 49.6 Å². The molecule has 0 aliphatic heterocycles. The monoisotopic (exact) mass is 360 g/mol. The van der Waals surface area contributed by atoms with Crippen LogP contribution in [0.3, 0.4) is 0 Å². The Kier molecular flexibility index (Phi) is 4.38. The fraction of sp³-hybridized carbons (Fsp3) is 0.312. The number of carbonyl (C=O) groups is 1. The largest absolute Gasteiger partial charge is 0.361 e. The molecule has 1 aromatic heterocycles. The molecule has 1 aliphatic carbocycles. The van der Waals surface area contributed by atoms with Crippen LogP contribution in [0.2, 0.25) is 0 Å². The molecular formula is C16H17BrN4O. The van der Waals surface area contributed by atoms with E-state index in [0.29, 0.717) is 11.7 Å². The standard InChI is InChI=1S/C16H17BrN4O/c1-10-8-12(4-5-13(10)17)20-15(22)9-19-14-6-7-18-16(21-14)11-2-3-11/h4-8,11H,2-3,9H2,1H3,(H,20,22)(H,18,19,21). The Morgan fingerprint density at radius 3 is 2.91 bits per heavy atom. The summed E-state index contributed by atoms with van der Waals surface area (Å²) in [7, 11) is 0. The van der Waals surface area contributed by atoms with Gasteiger partial charge in [-0.15, -0.1) is 0 Å². The van der Waals surface area contributed by atoms with Crippen molar-refractivity contribution in [3.05, 3.63) is 46.3 Å². The summed E-state index contributed by atoms with van der Waals surface area (Å²) in [6.45, 7) is 2.16. The van der Waals surface area contributed by atoms with Crippen LogP contribution in [0, 0.1) is 6.92 Å². The van der Waals surface area contributed by atoms with E-state index in [9.17, 15) is 4.79 Å². The Hall–Kier alpha value is -1.95. The second-order valence-electron chi connectivity index (χ2n) is 5.44. The second-order valence-corrected chi connectivity index (χ2v) is 6.29. The summed E-state index contributed by atoms with van der Waals surface area (Å²) >= 11 is 3.44. The van der Waals surface area contributed by atoms with E-state index >= 15 is 0 Å². The smallest absolute Gasteiger partial charge is 0.243 e. The van der Waals surface area contributed by atoms with Gasteiger partial charge < -0.3 is 10.6 Å². The molecule has 0 unspecified atom stereocenters. The van der Waals surface area contributed by atoms with Gasteiger partial charge in [0.1, 0.15) is 11.6 Å². The number of benzene rings is 1. The highest BCUT2D eigenvalue weighted by atomic mass is 79.9.